The highest BCUT2D eigenvalue weighted by molar-refractivity contribution is 5.79. The van der Waals surface area contributed by atoms with E-state index >= 15 is 0 Å². The summed E-state index contributed by atoms with van der Waals surface area (Å²) in [5.74, 6) is 3.08. The number of guanidine groups is 1. The number of ether oxygens (including phenoxy) is 1. The van der Waals surface area contributed by atoms with Crippen molar-refractivity contribution in [3.63, 3.8) is 0 Å². The molecule has 0 radical (unpaired) electrons. The summed E-state index contributed by atoms with van der Waals surface area (Å²) < 4.78 is 10.9. The zero-order valence-corrected chi connectivity index (χ0v) is 16.6. The van der Waals surface area contributed by atoms with Crippen LogP contribution >= 0.6 is 0 Å². The summed E-state index contributed by atoms with van der Waals surface area (Å²) in [6.45, 7) is 12.2. The average molecular weight is 358 g/mol. The number of nitrogens with one attached hydrogen (secondary N) is 2. The van der Waals surface area contributed by atoms with Crippen molar-refractivity contribution in [1.29, 1.82) is 0 Å². The van der Waals surface area contributed by atoms with E-state index in [0.717, 1.165) is 36.3 Å². The van der Waals surface area contributed by atoms with Crippen LogP contribution < -0.4 is 15.4 Å². The van der Waals surface area contributed by atoms with Crippen LogP contribution in [0.4, 0.5) is 0 Å². The maximum Gasteiger partial charge on any atom is 0.216 e. The van der Waals surface area contributed by atoms with Crippen LogP contribution in [-0.2, 0) is 12.0 Å². The summed E-state index contributed by atoms with van der Waals surface area (Å²) in [7, 11) is 1.69. The third-order valence-corrected chi connectivity index (χ3v) is 4.34. The number of oxazole rings is 1. The molecule has 0 atom stereocenters. The standard InChI is InChI=1S/C20H30N4O2/c1-7-21-19(22-12-18-24-14(2)15(3)26-18)23-13-20(4,5)16-9-8-10-17(11-16)25-6/h8-11H,7,12-13H2,1-6H3,(H2,21,22,23). The van der Waals surface area contributed by atoms with Crippen LogP contribution in [0, 0.1) is 13.8 Å². The van der Waals surface area contributed by atoms with Gasteiger partial charge in [-0.15, -0.1) is 0 Å². The molecule has 2 aromatic rings. The quantitative estimate of drug-likeness (QED) is 0.587. The summed E-state index contributed by atoms with van der Waals surface area (Å²) in [6.07, 6.45) is 0. The highest BCUT2D eigenvalue weighted by Crippen LogP contribution is 2.25. The molecule has 0 aliphatic rings. The first-order chi connectivity index (χ1) is 12.4. The normalized spacial score (nSPS) is 12.2. The number of hydrogen-bond donors (Lipinski definition) is 2. The Balaban J connectivity index is 2.05. The molecule has 1 heterocycles. The predicted octanol–water partition coefficient (Wildman–Crippen LogP) is 3.33. The number of methoxy groups -OCH3 is 1. The third-order valence-electron chi connectivity index (χ3n) is 4.34. The minimum atomic E-state index is -0.0825. The number of benzene rings is 1. The molecule has 6 heteroatoms. The molecular formula is C20H30N4O2. The van der Waals surface area contributed by atoms with Crippen molar-refractivity contribution in [2.24, 2.45) is 4.99 Å². The lowest BCUT2D eigenvalue weighted by Gasteiger charge is -2.27. The van der Waals surface area contributed by atoms with Crippen LogP contribution in [0.1, 0.15) is 43.7 Å². The van der Waals surface area contributed by atoms with Crippen LogP contribution in [-0.4, -0.2) is 31.1 Å². The molecule has 2 rings (SSSR count). The van der Waals surface area contributed by atoms with E-state index < -0.39 is 0 Å². The Morgan fingerprint density at radius 1 is 1.27 bits per heavy atom. The Morgan fingerprint density at radius 2 is 2.04 bits per heavy atom. The molecule has 0 saturated carbocycles. The zero-order chi connectivity index (χ0) is 19.2. The van der Waals surface area contributed by atoms with Crippen molar-refractivity contribution in [2.75, 3.05) is 20.2 Å². The van der Waals surface area contributed by atoms with Gasteiger partial charge >= 0.3 is 0 Å². The van der Waals surface area contributed by atoms with E-state index in [0.29, 0.717) is 12.4 Å². The first-order valence-corrected chi connectivity index (χ1v) is 8.95. The van der Waals surface area contributed by atoms with Gasteiger partial charge in [-0.1, -0.05) is 26.0 Å². The molecule has 0 spiro atoms. The van der Waals surface area contributed by atoms with Crippen molar-refractivity contribution in [3.05, 3.63) is 47.2 Å². The second kappa shape index (κ2) is 8.74. The topological polar surface area (TPSA) is 71.7 Å². The van der Waals surface area contributed by atoms with Crippen LogP contribution in [0.5, 0.6) is 5.75 Å². The maximum atomic E-state index is 5.60. The molecule has 0 unspecified atom stereocenters. The number of nitrogens with zero attached hydrogens (tertiary/aromatic N) is 2. The Morgan fingerprint density at radius 3 is 2.65 bits per heavy atom. The largest absolute Gasteiger partial charge is 0.497 e. The lowest BCUT2D eigenvalue weighted by Crippen LogP contribution is -2.43. The van der Waals surface area contributed by atoms with Gasteiger partial charge in [-0.3, -0.25) is 0 Å². The molecular weight excluding hydrogens is 328 g/mol. The lowest BCUT2D eigenvalue weighted by atomic mass is 9.84. The molecule has 26 heavy (non-hydrogen) atoms. The second-order valence-corrected chi connectivity index (χ2v) is 6.91. The smallest absolute Gasteiger partial charge is 0.216 e. The van der Waals surface area contributed by atoms with Crippen LogP contribution in [0.3, 0.4) is 0 Å². The molecule has 1 aromatic carbocycles. The van der Waals surface area contributed by atoms with Gasteiger partial charge in [0.25, 0.3) is 0 Å². The molecule has 1 aromatic heterocycles. The predicted molar refractivity (Wildman–Crippen MR) is 105 cm³/mol. The summed E-state index contributed by atoms with van der Waals surface area (Å²) in [5.41, 5.74) is 2.03. The first kappa shape index (κ1) is 19.8. The van der Waals surface area contributed by atoms with E-state index in [1.807, 2.05) is 32.9 Å². The van der Waals surface area contributed by atoms with E-state index in [2.05, 4.69) is 46.6 Å². The van der Waals surface area contributed by atoms with Crippen molar-refractivity contribution < 1.29 is 9.15 Å². The van der Waals surface area contributed by atoms with Crippen molar-refractivity contribution >= 4 is 5.96 Å². The Labute approximate surface area is 156 Å². The van der Waals surface area contributed by atoms with E-state index in [1.165, 1.54) is 5.56 Å². The van der Waals surface area contributed by atoms with Crippen LogP contribution in [0.15, 0.2) is 33.7 Å². The van der Waals surface area contributed by atoms with Gasteiger partial charge in [0.15, 0.2) is 5.96 Å². The monoisotopic (exact) mass is 358 g/mol. The number of hydrogen-bond acceptors (Lipinski definition) is 4. The van der Waals surface area contributed by atoms with Gasteiger partial charge in [0, 0.05) is 18.5 Å². The van der Waals surface area contributed by atoms with E-state index in [4.69, 9.17) is 9.15 Å². The molecule has 0 bridgehead atoms. The summed E-state index contributed by atoms with van der Waals surface area (Å²) in [6, 6.07) is 8.16. The van der Waals surface area contributed by atoms with Crippen molar-refractivity contribution in [2.45, 2.75) is 46.6 Å². The molecule has 0 saturated heterocycles. The van der Waals surface area contributed by atoms with Crippen LogP contribution in [0.25, 0.3) is 0 Å². The van der Waals surface area contributed by atoms with Gasteiger partial charge in [0.2, 0.25) is 5.89 Å². The van der Waals surface area contributed by atoms with Gasteiger partial charge in [-0.05, 0) is 38.5 Å². The highest BCUT2D eigenvalue weighted by Gasteiger charge is 2.21. The first-order valence-electron chi connectivity index (χ1n) is 8.95. The average Bonchev–Trinajstić information content (AvgIpc) is 2.95. The summed E-state index contributed by atoms with van der Waals surface area (Å²) in [4.78, 5) is 8.96. The Bertz CT molecular complexity index is 731. The zero-order valence-electron chi connectivity index (χ0n) is 16.6. The summed E-state index contributed by atoms with van der Waals surface area (Å²) in [5, 5.41) is 6.68. The number of aliphatic imine (C=N–C) groups is 1. The van der Waals surface area contributed by atoms with E-state index in [1.54, 1.807) is 7.11 Å². The molecule has 6 nitrogen and oxygen atoms in total. The summed E-state index contributed by atoms with van der Waals surface area (Å²) >= 11 is 0. The number of aryl methyl sites for hydroxylation is 2. The van der Waals surface area contributed by atoms with Gasteiger partial charge in [0.1, 0.15) is 18.1 Å². The van der Waals surface area contributed by atoms with Gasteiger partial charge in [0.05, 0.1) is 12.8 Å². The fourth-order valence-corrected chi connectivity index (χ4v) is 2.55. The SMILES string of the molecule is CCNC(=NCc1nc(C)c(C)o1)NCC(C)(C)c1cccc(OC)c1. The van der Waals surface area contributed by atoms with E-state index in [-0.39, 0.29) is 5.41 Å². The molecule has 142 valence electrons. The molecule has 0 fully saturated rings. The number of aromatic nitrogens is 1. The number of rotatable bonds is 7. The maximum absolute atomic E-state index is 5.60. The molecule has 0 amide bonds. The highest BCUT2D eigenvalue weighted by atomic mass is 16.5. The van der Waals surface area contributed by atoms with Crippen molar-refractivity contribution in [1.82, 2.24) is 15.6 Å². The Kier molecular flexibility index (Phi) is 6.66. The van der Waals surface area contributed by atoms with Gasteiger partial charge < -0.3 is 19.8 Å². The second-order valence-electron chi connectivity index (χ2n) is 6.91. The Hall–Kier alpha value is -2.50. The molecule has 0 aliphatic carbocycles. The third kappa shape index (κ3) is 5.25. The minimum absolute atomic E-state index is 0.0825. The van der Waals surface area contributed by atoms with Crippen molar-refractivity contribution in [3.8, 4) is 5.75 Å². The molecule has 0 aliphatic heterocycles. The fourth-order valence-electron chi connectivity index (χ4n) is 2.55. The lowest BCUT2D eigenvalue weighted by molar-refractivity contribution is 0.411. The fraction of sp³-hybridized carbons (Fsp3) is 0.500. The molecule has 2 N–H and O–H groups in total. The van der Waals surface area contributed by atoms with Crippen LogP contribution in [0.2, 0.25) is 0 Å². The van der Waals surface area contributed by atoms with Gasteiger partial charge in [-0.2, -0.15) is 0 Å². The minimum Gasteiger partial charge on any atom is -0.497 e. The van der Waals surface area contributed by atoms with Gasteiger partial charge in [-0.25, -0.2) is 9.98 Å². The van der Waals surface area contributed by atoms with E-state index in [9.17, 15) is 0 Å².